The number of anilines is 1. The molecular formula is C14H16F3N5O2. The van der Waals surface area contributed by atoms with Crippen molar-refractivity contribution in [2.24, 2.45) is 5.92 Å². The van der Waals surface area contributed by atoms with Gasteiger partial charge in [0.2, 0.25) is 0 Å². The number of halogens is 3. The average Bonchev–Trinajstić information content (AvgIpc) is 3.02. The number of hydrogen-bond donors (Lipinski definition) is 0. The maximum Gasteiger partial charge on any atom is 0.433 e. The van der Waals surface area contributed by atoms with E-state index in [0.717, 1.165) is 12.4 Å². The molecule has 0 spiro atoms. The van der Waals surface area contributed by atoms with Crippen LogP contribution in [-0.4, -0.2) is 45.2 Å². The van der Waals surface area contributed by atoms with Gasteiger partial charge in [-0.1, -0.05) is 0 Å². The van der Waals surface area contributed by atoms with Crippen molar-refractivity contribution in [3.8, 4) is 0 Å². The number of carbonyl (C=O) groups is 1. The van der Waals surface area contributed by atoms with E-state index in [1.54, 1.807) is 11.8 Å². The summed E-state index contributed by atoms with van der Waals surface area (Å²) in [5, 5.41) is 3.94. The molecule has 0 unspecified atom stereocenters. The van der Waals surface area contributed by atoms with Crippen molar-refractivity contribution in [3.05, 3.63) is 18.1 Å². The number of ether oxygens (including phenoxy) is 1. The Morgan fingerprint density at radius 2 is 2.25 bits per heavy atom. The smallest absolute Gasteiger partial charge is 0.433 e. The van der Waals surface area contributed by atoms with E-state index in [9.17, 15) is 18.0 Å². The number of aromatic nitrogens is 4. The van der Waals surface area contributed by atoms with Gasteiger partial charge in [0.15, 0.2) is 5.69 Å². The Bertz CT molecular complexity index is 746. The molecule has 3 rings (SSSR count). The van der Waals surface area contributed by atoms with Crippen LogP contribution in [0.1, 0.15) is 25.5 Å². The number of carbonyl (C=O) groups excluding carboxylic acids is 1. The number of nitrogens with zero attached hydrogens (tertiary/aromatic N) is 5. The zero-order chi connectivity index (χ0) is 17.3. The molecule has 10 heteroatoms. The first kappa shape index (κ1) is 16.5. The Morgan fingerprint density at radius 1 is 1.46 bits per heavy atom. The zero-order valence-corrected chi connectivity index (χ0v) is 13.0. The number of alkyl halides is 3. The molecule has 0 radical (unpaired) electrons. The van der Waals surface area contributed by atoms with Crippen molar-refractivity contribution in [1.29, 1.82) is 0 Å². The largest absolute Gasteiger partial charge is 0.466 e. The maximum atomic E-state index is 13.1. The fraction of sp³-hybridized carbons (Fsp3) is 0.571. The molecule has 2 aromatic heterocycles. The fourth-order valence-electron chi connectivity index (χ4n) is 2.80. The minimum absolute atomic E-state index is 0.127. The van der Waals surface area contributed by atoms with E-state index in [1.165, 1.54) is 4.52 Å². The summed E-state index contributed by atoms with van der Waals surface area (Å²) >= 11 is 0. The van der Waals surface area contributed by atoms with Gasteiger partial charge in [-0.15, -0.1) is 0 Å². The molecule has 1 aliphatic rings. The lowest BCUT2D eigenvalue weighted by molar-refractivity contribution is -0.148. The van der Waals surface area contributed by atoms with Crippen LogP contribution in [0, 0.1) is 5.92 Å². The highest BCUT2D eigenvalue weighted by Crippen LogP contribution is 2.32. The average molecular weight is 343 g/mol. The van der Waals surface area contributed by atoms with Crippen molar-refractivity contribution < 1.29 is 22.7 Å². The van der Waals surface area contributed by atoms with Gasteiger partial charge in [0.1, 0.15) is 12.1 Å². The molecule has 2 aromatic rings. The Balaban J connectivity index is 1.96. The van der Waals surface area contributed by atoms with Crippen molar-refractivity contribution >= 4 is 17.6 Å². The Kier molecular flexibility index (Phi) is 4.29. The van der Waals surface area contributed by atoms with Gasteiger partial charge >= 0.3 is 12.1 Å². The predicted molar refractivity (Wildman–Crippen MR) is 77.4 cm³/mol. The first-order valence-electron chi connectivity index (χ1n) is 7.59. The molecule has 0 amide bonds. The van der Waals surface area contributed by atoms with Crippen LogP contribution >= 0.6 is 0 Å². The summed E-state index contributed by atoms with van der Waals surface area (Å²) in [4.78, 5) is 20.9. The molecule has 0 aromatic carbocycles. The number of rotatable bonds is 3. The van der Waals surface area contributed by atoms with E-state index in [0.29, 0.717) is 19.4 Å². The zero-order valence-electron chi connectivity index (χ0n) is 13.0. The van der Waals surface area contributed by atoms with Gasteiger partial charge in [0.25, 0.3) is 5.78 Å². The minimum Gasteiger partial charge on any atom is -0.466 e. The molecule has 0 bridgehead atoms. The molecule has 1 fully saturated rings. The Hall–Kier alpha value is -2.39. The lowest BCUT2D eigenvalue weighted by Crippen LogP contribution is -2.40. The number of fused-ring (bicyclic) bond motifs is 1. The monoisotopic (exact) mass is 343 g/mol. The molecule has 0 aliphatic carbocycles. The first-order valence-corrected chi connectivity index (χ1v) is 7.59. The van der Waals surface area contributed by atoms with E-state index in [2.05, 4.69) is 15.1 Å². The second kappa shape index (κ2) is 6.25. The number of esters is 1. The maximum absolute atomic E-state index is 13.1. The lowest BCUT2D eigenvalue weighted by Gasteiger charge is -2.33. The summed E-state index contributed by atoms with van der Waals surface area (Å²) in [6.07, 6.45) is -2.12. The van der Waals surface area contributed by atoms with Gasteiger partial charge in [-0.05, 0) is 19.8 Å². The van der Waals surface area contributed by atoms with Crippen LogP contribution in [-0.2, 0) is 15.7 Å². The van der Waals surface area contributed by atoms with E-state index in [4.69, 9.17) is 4.74 Å². The van der Waals surface area contributed by atoms with Gasteiger partial charge in [0.05, 0.1) is 12.5 Å². The molecule has 0 saturated carbocycles. The third-order valence-electron chi connectivity index (χ3n) is 3.89. The third-order valence-corrected chi connectivity index (χ3v) is 3.89. The van der Waals surface area contributed by atoms with Crippen molar-refractivity contribution in [2.45, 2.75) is 25.9 Å². The molecule has 0 N–H and O–H groups in total. The molecule has 130 valence electrons. The van der Waals surface area contributed by atoms with Crippen LogP contribution in [0.25, 0.3) is 5.78 Å². The summed E-state index contributed by atoms with van der Waals surface area (Å²) in [5.74, 6) is -0.612. The van der Waals surface area contributed by atoms with Gasteiger partial charge < -0.3 is 9.64 Å². The quantitative estimate of drug-likeness (QED) is 0.793. The van der Waals surface area contributed by atoms with Crippen LogP contribution in [0.2, 0.25) is 0 Å². The fourth-order valence-corrected chi connectivity index (χ4v) is 2.80. The first-order chi connectivity index (χ1) is 11.4. The molecule has 7 nitrogen and oxygen atoms in total. The summed E-state index contributed by atoms with van der Waals surface area (Å²) < 4.78 is 45.5. The van der Waals surface area contributed by atoms with Crippen LogP contribution in [0.4, 0.5) is 19.0 Å². The van der Waals surface area contributed by atoms with Crippen molar-refractivity contribution in [1.82, 2.24) is 19.6 Å². The standard InChI is InChI=1S/C14H16F3N5O2/c1-2-24-12(23)9-4-3-5-21(7-9)11-6-10(14(15,16)17)20-13-18-8-19-22(11)13/h6,8-9H,2-5,7H2,1H3/t9-/m0/s1. The Labute approximate surface area is 135 Å². The number of piperidine rings is 1. The van der Waals surface area contributed by atoms with Gasteiger partial charge in [-0.25, -0.2) is 4.98 Å². The highest BCUT2D eigenvalue weighted by Gasteiger charge is 2.35. The summed E-state index contributed by atoms with van der Waals surface area (Å²) in [5.41, 5.74) is -1.03. The molecular weight excluding hydrogens is 327 g/mol. The third kappa shape index (κ3) is 3.13. The van der Waals surface area contributed by atoms with Gasteiger partial charge in [-0.3, -0.25) is 4.79 Å². The highest BCUT2D eigenvalue weighted by atomic mass is 19.4. The predicted octanol–water partition coefficient (Wildman–Crippen LogP) is 1.92. The van der Waals surface area contributed by atoms with E-state index >= 15 is 0 Å². The van der Waals surface area contributed by atoms with E-state index < -0.39 is 11.9 Å². The van der Waals surface area contributed by atoms with Crippen LogP contribution in [0.3, 0.4) is 0 Å². The molecule has 3 heterocycles. The van der Waals surface area contributed by atoms with Gasteiger partial charge in [-0.2, -0.15) is 27.8 Å². The molecule has 1 saturated heterocycles. The number of hydrogen-bond acceptors (Lipinski definition) is 6. The minimum atomic E-state index is -4.58. The molecule has 1 aliphatic heterocycles. The SMILES string of the molecule is CCOC(=O)[C@H]1CCCN(c2cc(C(F)(F)F)nc3ncnn23)C1. The van der Waals surface area contributed by atoms with Crippen LogP contribution in [0.5, 0.6) is 0 Å². The topological polar surface area (TPSA) is 72.6 Å². The summed E-state index contributed by atoms with van der Waals surface area (Å²) in [6, 6.07) is 0.940. The normalized spacial score (nSPS) is 18.8. The summed E-state index contributed by atoms with van der Waals surface area (Å²) in [7, 11) is 0. The van der Waals surface area contributed by atoms with Crippen LogP contribution in [0.15, 0.2) is 12.4 Å². The van der Waals surface area contributed by atoms with Crippen molar-refractivity contribution in [3.63, 3.8) is 0 Å². The van der Waals surface area contributed by atoms with Gasteiger partial charge in [0, 0.05) is 19.2 Å². The van der Waals surface area contributed by atoms with E-state index in [1.807, 2.05) is 0 Å². The van der Waals surface area contributed by atoms with E-state index in [-0.39, 0.29) is 36.6 Å². The molecule has 24 heavy (non-hydrogen) atoms. The van der Waals surface area contributed by atoms with Crippen LogP contribution < -0.4 is 4.90 Å². The highest BCUT2D eigenvalue weighted by molar-refractivity contribution is 5.73. The summed E-state index contributed by atoms with van der Waals surface area (Å²) in [6.45, 7) is 2.79. The Morgan fingerprint density at radius 3 is 2.96 bits per heavy atom. The van der Waals surface area contributed by atoms with Crippen molar-refractivity contribution in [2.75, 3.05) is 24.6 Å². The second-order valence-electron chi connectivity index (χ2n) is 5.51. The molecule has 1 atom stereocenters. The second-order valence-corrected chi connectivity index (χ2v) is 5.51. The lowest BCUT2D eigenvalue weighted by atomic mass is 9.98.